The maximum atomic E-state index is 11.8. The lowest BCUT2D eigenvalue weighted by Gasteiger charge is -2.15. The van der Waals surface area contributed by atoms with Crippen LogP contribution in [0.4, 0.5) is 0 Å². The summed E-state index contributed by atoms with van der Waals surface area (Å²) in [7, 11) is 0. The Morgan fingerprint density at radius 1 is 1.59 bits per heavy atom. The minimum atomic E-state index is 0.00952. The fourth-order valence-corrected chi connectivity index (χ4v) is 2.65. The number of nitrogens with one attached hydrogen (secondary N) is 1. The van der Waals surface area contributed by atoms with Crippen LogP contribution in [0.15, 0.2) is 12.1 Å². The second-order valence-corrected chi connectivity index (χ2v) is 5.89. The molecule has 2 atom stereocenters. The summed E-state index contributed by atoms with van der Waals surface area (Å²) in [5.41, 5.74) is 5.58. The van der Waals surface area contributed by atoms with E-state index < -0.39 is 0 Å². The SMILES string of the molecule is CCC(CN)CC(=O)NC(C)c1ccc(Cl)s1. The van der Waals surface area contributed by atoms with Crippen molar-refractivity contribution in [3.05, 3.63) is 21.3 Å². The third-order valence-electron chi connectivity index (χ3n) is 2.78. The van der Waals surface area contributed by atoms with Gasteiger partial charge in [-0.3, -0.25) is 4.79 Å². The molecule has 0 saturated carbocycles. The summed E-state index contributed by atoms with van der Waals surface area (Å²) in [4.78, 5) is 12.8. The minimum Gasteiger partial charge on any atom is -0.349 e. The van der Waals surface area contributed by atoms with Gasteiger partial charge in [0.15, 0.2) is 0 Å². The van der Waals surface area contributed by atoms with Crippen LogP contribution in [0.1, 0.15) is 37.6 Å². The molecule has 0 bridgehead atoms. The summed E-state index contributed by atoms with van der Waals surface area (Å²) in [5, 5.41) is 2.97. The molecule has 0 aliphatic rings. The van der Waals surface area contributed by atoms with Gasteiger partial charge in [0, 0.05) is 11.3 Å². The lowest BCUT2D eigenvalue weighted by Crippen LogP contribution is -2.29. The van der Waals surface area contributed by atoms with Crippen LogP contribution in [0, 0.1) is 5.92 Å². The number of halogens is 1. The van der Waals surface area contributed by atoms with Crippen molar-refractivity contribution in [2.45, 2.75) is 32.7 Å². The quantitative estimate of drug-likeness (QED) is 0.838. The van der Waals surface area contributed by atoms with Crippen LogP contribution >= 0.6 is 22.9 Å². The van der Waals surface area contributed by atoms with Crippen LogP contribution in [-0.2, 0) is 4.79 Å². The summed E-state index contributed by atoms with van der Waals surface area (Å²) >= 11 is 7.35. The molecule has 2 unspecified atom stereocenters. The molecule has 96 valence electrons. The number of rotatable bonds is 6. The third kappa shape index (κ3) is 4.66. The number of carbonyl (C=O) groups excluding carboxylic acids is 1. The van der Waals surface area contributed by atoms with Crippen molar-refractivity contribution >= 4 is 28.8 Å². The molecule has 0 fully saturated rings. The lowest BCUT2D eigenvalue weighted by atomic mass is 10.0. The maximum Gasteiger partial charge on any atom is 0.220 e. The first-order valence-corrected chi connectivity index (χ1v) is 7.00. The molecule has 0 aliphatic carbocycles. The molecule has 0 radical (unpaired) electrons. The zero-order valence-electron chi connectivity index (χ0n) is 10.2. The molecule has 0 spiro atoms. The topological polar surface area (TPSA) is 55.1 Å². The van der Waals surface area contributed by atoms with E-state index in [2.05, 4.69) is 5.32 Å². The molecule has 1 rings (SSSR count). The summed E-state index contributed by atoms with van der Waals surface area (Å²) < 4.78 is 0.745. The summed E-state index contributed by atoms with van der Waals surface area (Å²) in [6.07, 6.45) is 1.43. The van der Waals surface area contributed by atoms with Crippen molar-refractivity contribution in [2.75, 3.05) is 6.54 Å². The molecule has 5 heteroatoms. The van der Waals surface area contributed by atoms with Crippen molar-refractivity contribution in [3.8, 4) is 0 Å². The largest absolute Gasteiger partial charge is 0.349 e. The second kappa shape index (κ2) is 6.99. The van der Waals surface area contributed by atoms with Crippen molar-refractivity contribution in [2.24, 2.45) is 11.7 Å². The first-order chi connectivity index (χ1) is 8.06. The molecule has 1 heterocycles. The van der Waals surface area contributed by atoms with Gasteiger partial charge in [-0.2, -0.15) is 0 Å². The van der Waals surface area contributed by atoms with Gasteiger partial charge in [-0.05, 0) is 31.5 Å². The van der Waals surface area contributed by atoms with Gasteiger partial charge in [0.1, 0.15) is 0 Å². The highest BCUT2D eigenvalue weighted by atomic mass is 35.5. The van der Waals surface area contributed by atoms with Gasteiger partial charge in [0.2, 0.25) is 5.91 Å². The van der Waals surface area contributed by atoms with Gasteiger partial charge in [-0.1, -0.05) is 24.9 Å². The summed E-state index contributed by atoms with van der Waals surface area (Å²) in [5.74, 6) is 0.327. The van der Waals surface area contributed by atoms with Crippen molar-refractivity contribution < 1.29 is 4.79 Å². The molecular weight excluding hydrogens is 256 g/mol. The Morgan fingerprint density at radius 2 is 2.29 bits per heavy atom. The smallest absolute Gasteiger partial charge is 0.220 e. The van der Waals surface area contributed by atoms with Crippen molar-refractivity contribution in [3.63, 3.8) is 0 Å². The number of nitrogens with two attached hydrogens (primary N) is 1. The Morgan fingerprint density at radius 3 is 2.76 bits per heavy atom. The van der Waals surface area contributed by atoms with E-state index in [0.29, 0.717) is 13.0 Å². The van der Waals surface area contributed by atoms with E-state index in [-0.39, 0.29) is 17.9 Å². The van der Waals surface area contributed by atoms with Crippen LogP contribution in [-0.4, -0.2) is 12.5 Å². The van der Waals surface area contributed by atoms with E-state index in [1.807, 2.05) is 26.0 Å². The van der Waals surface area contributed by atoms with Crippen LogP contribution in [0.2, 0.25) is 4.34 Å². The normalized spacial score (nSPS) is 14.4. The van der Waals surface area contributed by atoms with Gasteiger partial charge < -0.3 is 11.1 Å². The Balaban J connectivity index is 2.45. The highest BCUT2D eigenvalue weighted by Crippen LogP contribution is 2.26. The van der Waals surface area contributed by atoms with E-state index in [4.69, 9.17) is 17.3 Å². The number of hydrogen-bond acceptors (Lipinski definition) is 3. The number of thiophene rings is 1. The maximum absolute atomic E-state index is 11.8. The van der Waals surface area contributed by atoms with Crippen LogP contribution in [0.5, 0.6) is 0 Å². The van der Waals surface area contributed by atoms with Gasteiger partial charge in [-0.15, -0.1) is 11.3 Å². The fourth-order valence-electron chi connectivity index (χ4n) is 1.59. The summed E-state index contributed by atoms with van der Waals surface area (Å²) in [6, 6.07) is 3.80. The zero-order valence-corrected chi connectivity index (χ0v) is 11.8. The Bertz CT molecular complexity index is 363. The fraction of sp³-hybridized carbons (Fsp3) is 0.583. The predicted octanol–water partition coefficient (Wildman–Crippen LogP) is 2.95. The Hall–Kier alpha value is -0.580. The molecule has 3 N–H and O–H groups in total. The average Bonchev–Trinajstić information content (AvgIpc) is 2.72. The summed E-state index contributed by atoms with van der Waals surface area (Å²) in [6.45, 7) is 4.57. The van der Waals surface area contributed by atoms with Gasteiger partial charge in [0.05, 0.1) is 10.4 Å². The van der Waals surface area contributed by atoms with Crippen LogP contribution < -0.4 is 11.1 Å². The molecule has 0 aromatic carbocycles. The first kappa shape index (κ1) is 14.5. The second-order valence-electron chi connectivity index (χ2n) is 4.15. The van der Waals surface area contributed by atoms with Crippen molar-refractivity contribution in [1.82, 2.24) is 5.32 Å². The number of hydrogen-bond donors (Lipinski definition) is 2. The van der Waals surface area contributed by atoms with Crippen LogP contribution in [0.25, 0.3) is 0 Å². The van der Waals surface area contributed by atoms with Crippen molar-refractivity contribution in [1.29, 1.82) is 0 Å². The molecule has 0 aliphatic heterocycles. The highest BCUT2D eigenvalue weighted by molar-refractivity contribution is 7.16. The van der Waals surface area contributed by atoms with E-state index in [1.54, 1.807) is 0 Å². The number of amides is 1. The Kier molecular flexibility index (Phi) is 5.95. The molecule has 0 saturated heterocycles. The lowest BCUT2D eigenvalue weighted by molar-refractivity contribution is -0.122. The molecular formula is C12H19ClN2OS. The number of carbonyl (C=O) groups is 1. The van der Waals surface area contributed by atoms with E-state index in [1.165, 1.54) is 11.3 Å². The zero-order chi connectivity index (χ0) is 12.8. The van der Waals surface area contributed by atoms with Gasteiger partial charge >= 0.3 is 0 Å². The standard InChI is InChI=1S/C12H19ClN2OS/c1-3-9(7-14)6-12(16)15-8(2)10-4-5-11(13)17-10/h4-5,8-9H,3,6-7,14H2,1-2H3,(H,15,16). The predicted molar refractivity (Wildman–Crippen MR) is 73.3 cm³/mol. The molecule has 1 amide bonds. The molecule has 3 nitrogen and oxygen atoms in total. The van der Waals surface area contributed by atoms with Crippen LogP contribution in [0.3, 0.4) is 0 Å². The van der Waals surface area contributed by atoms with Gasteiger partial charge in [0.25, 0.3) is 0 Å². The first-order valence-electron chi connectivity index (χ1n) is 5.81. The van der Waals surface area contributed by atoms with E-state index >= 15 is 0 Å². The van der Waals surface area contributed by atoms with Gasteiger partial charge in [-0.25, -0.2) is 0 Å². The monoisotopic (exact) mass is 274 g/mol. The molecule has 1 aromatic heterocycles. The van der Waals surface area contributed by atoms with E-state index in [9.17, 15) is 4.79 Å². The average molecular weight is 275 g/mol. The Labute approximate surface area is 111 Å². The molecule has 1 aromatic rings. The highest BCUT2D eigenvalue weighted by Gasteiger charge is 2.14. The third-order valence-corrected chi connectivity index (χ3v) is 4.20. The minimum absolute atomic E-state index is 0.00952. The van der Waals surface area contributed by atoms with E-state index in [0.717, 1.165) is 15.6 Å². The molecule has 17 heavy (non-hydrogen) atoms.